The maximum Gasteiger partial charge on any atom is 0.305 e. The van der Waals surface area contributed by atoms with Crippen LogP contribution in [0.2, 0.25) is 0 Å². The molecule has 0 atom stereocenters. The van der Waals surface area contributed by atoms with Crippen molar-refractivity contribution in [2.24, 2.45) is 0 Å². The van der Waals surface area contributed by atoms with Gasteiger partial charge in [-0.3, -0.25) is 9.59 Å². The molecule has 1 N–H and O–H groups in total. The number of rotatable bonds is 7. The van der Waals surface area contributed by atoms with Crippen LogP contribution in [-0.4, -0.2) is 40.7 Å². The largest absolute Gasteiger partial charge is 0.481 e. The van der Waals surface area contributed by atoms with Crippen molar-refractivity contribution in [1.82, 2.24) is 4.90 Å². The first kappa shape index (κ1) is 15.5. The van der Waals surface area contributed by atoms with Crippen LogP contribution in [0, 0.1) is 5.82 Å². The van der Waals surface area contributed by atoms with Crippen LogP contribution in [0.15, 0.2) is 29.2 Å². The third-order valence-electron chi connectivity index (χ3n) is 2.51. The molecule has 4 nitrogen and oxygen atoms in total. The minimum absolute atomic E-state index is 0.0548. The fourth-order valence-corrected chi connectivity index (χ4v) is 2.26. The van der Waals surface area contributed by atoms with Crippen molar-refractivity contribution in [3.63, 3.8) is 0 Å². The van der Waals surface area contributed by atoms with Gasteiger partial charge in [0, 0.05) is 18.0 Å². The minimum Gasteiger partial charge on any atom is -0.481 e. The van der Waals surface area contributed by atoms with Crippen molar-refractivity contribution < 1.29 is 19.1 Å². The standard InChI is InChI=1S/C13H16FNO3S/c1-2-15(8-7-13(17)18)12(16)9-19-11-5-3-10(14)4-6-11/h3-6H,2,7-9H2,1H3,(H,17,18). The molecule has 0 fully saturated rings. The lowest BCUT2D eigenvalue weighted by Crippen LogP contribution is -2.34. The summed E-state index contributed by atoms with van der Waals surface area (Å²) in [7, 11) is 0. The molecule has 0 aromatic heterocycles. The highest BCUT2D eigenvalue weighted by atomic mass is 32.2. The molecule has 0 spiro atoms. The monoisotopic (exact) mass is 285 g/mol. The van der Waals surface area contributed by atoms with Crippen LogP contribution < -0.4 is 0 Å². The van der Waals surface area contributed by atoms with E-state index in [0.29, 0.717) is 6.54 Å². The highest BCUT2D eigenvalue weighted by Crippen LogP contribution is 2.18. The molecule has 0 saturated heterocycles. The van der Waals surface area contributed by atoms with Crippen molar-refractivity contribution in [2.75, 3.05) is 18.8 Å². The maximum absolute atomic E-state index is 12.7. The SMILES string of the molecule is CCN(CCC(=O)O)C(=O)CSc1ccc(F)cc1. The highest BCUT2D eigenvalue weighted by Gasteiger charge is 2.13. The van der Waals surface area contributed by atoms with Crippen molar-refractivity contribution in [3.05, 3.63) is 30.1 Å². The van der Waals surface area contributed by atoms with Gasteiger partial charge in [-0.05, 0) is 31.2 Å². The second kappa shape index (κ2) is 7.78. The maximum atomic E-state index is 12.7. The molecule has 0 aliphatic rings. The molecule has 1 aromatic rings. The molecule has 0 aliphatic heterocycles. The van der Waals surface area contributed by atoms with Gasteiger partial charge in [-0.1, -0.05) is 0 Å². The fraction of sp³-hybridized carbons (Fsp3) is 0.385. The number of hydrogen-bond donors (Lipinski definition) is 1. The summed E-state index contributed by atoms with van der Waals surface area (Å²) in [6.07, 6.45) is -0.0548. The summed E-state index contributed by atoms with van der Waals surface area (Å²) < 4.78 is 12.7. The minimum atomic E-state index is -0.919. The number of carbonyl (C=O) groups excluding carboxylic acids is 1. The van der Waals surface area contributed by atoms with Gasteiger partial charge in [0.25, 0.3) is 0 Å². The number of carboxylic acids is 1. The molecule has 0 heterocycles. The quantitative estimate of drug-likeness (QED) is 0.781. The van der Waals surface area contributed by atoms with Gasteiger partial charge in [0.1, 0.15) is 5.82 Å². The van der Waals surface area contributed by atoms with Crippen molar-refractivity contribution in [1.29, 1.82) is 0 Å². The Morgan fingerprint density at radius 2 is 1.95 bits per heavy atom. The number of carbonyl (C=O) groups is 2. The second-order valence-electron chi connectivity index (χ2n) is 3.86. The molecule has 0 aliphatic carbocycles. The summed E-state index contributed by atoms with van der Waals surface area (Å²) in [5.41, 5.74) is 0. The summed E-state index contributed by atoms with van der Waals surface area (Å²) in [4.78, 5) is 24.7. The number of amides is 1. The van der Waals surface area contributed by atoms with E-state index in [1.807, 2.05) is 6.92 Å². The van der Waals surface area contributed by atoms with E-state index in [4.69, 9.17) is 5.11 Å². The van der Waals surface area contributed by atoms with Gasteiger partial charge in [0.05, 0.1) is 12.2 Å². The van der Waals surface area contributed by atoms with E-state index in [1.54, 1.807) is 12.1 Å². The summed E-state index contributed by atoms with van der Waals surface area (Å²) >= 11 is 1.31. The van der Waals surface area contributed by atoms with E-state index in [1.165, 1.54) is 28.8 Å². The van der Waals surface area contributed by atoms with Gasteiger partial charge >= 0.3 is 5.97 Å². The molecule has 1 rings (SSSR count). The summed E-state index contributed by atoms with van der Waals surface area (Å²) in [5, 5.41) is 8.59. The molecule has 1 aromatic carbocycles. The molecule has 19 heavy (non-hydrogen) atoms. The highest BCUT2D eigenvalue weighted by molar-refractivity contribution is 8.00. The lowest BCUT2D eigenvalue weighted by molar-refractivity contribution is -0.138. The molecule has 0 bridgehead atoms. The van der Waals surface area contributed by atoms with E-state index in [0.717, 1.165) is 4.90 Å². The molecule has 0 radical (unpaired) electrons. The van der Waals surface area contributed by atoms with Gasteiger partial charge in [0.15, 0.2) is 0 Å². The second-order valence-corrected chi connectivity index (χ2v) is 4.91. The third-order valence-corrected chi connectivity index (χ3v) is 3.50. The predicted molar refractivity (Wildman–Crippen MR) is 71.6 cm³/mol. The van der Waals surface area contributed by atoms with Crippen molar-refractivity contribution >= 4 is 23.6 Å². The molecule has 6 heteroatoms. The van der Waals surface area contributed by atoms with E-state index in [9.17, 15) is 14.0 Å². The molecular weight excluding hydrogens is 269 g/mol. The topological polar surface area (TPSA) is 57.6 Å². The number of hydrogen-bond acceptors (Lipinski definition) is 3. The van der Waals surface area contributed by atoms with Crippen LogP contribution in [0.5, 0.6) is 0 Å². The number of aliphatic carboxylic acids is 1. The first-order valence-corrected chi connectivity index (χ1v) is 6.89. The number of thioether (sulfide) groups is 1. The van der Waals surface area contributed by atoms with Crippen LogP contribution in [0.1, 0.15) is 13.3 Å². The van der Waals surface area contributed by atoms with Gasteiger partial charge < -0.3 is 10.0 Å². The van der Waals surface area contributed by atoms with Gasteiger partial charge in [0.2, 0.25) is 5.91 Å². The fourth-order valence-electron chi connectivity index (χ4n) is 1.46. The summed E-state index contributed by atoms with van der Waals surface area (Å²) in [5.74, 6) is -1.12. The number of benzene rings is 1. The van der Waals surface area contributed by atoms with Crippen LogP contribution in [0.4, 0.5) is 4.39 Å². The van der Waals surface area contributed by atoms with Gasteiger partial charge in [-0.25, -0.2) is 4.39 Å². The Hall–Kier alpha value is -1.56. The van der Waals surface area contributed by atoms with E-state index in [2.05, 4.69) is 0 Å². The summed E-state index contributed by atoms with van der Waals surface area (Å²) in [6, 6.07) is 5.91. The number of halogens is 1. The Balaban J connectivity index is 2.44. The average molecular weight is 285 g/mol. The van der Waals surface area contributed by atoms with E-state index in [-0.39, 0.29) is 30.4 Å². The molecule has 0 saturated carbocycles. The third kappa shape index (κ3) is 5.74. The molecule has 1 amide bonds. The zero-order valence-electron chi connectivity index (χ0n) is 10.6. The van der Waals surface area contributed by atoms with Gasteiger partial charge in [-0.15, -0.1) is 11.8 Å². The molecule has 104 valence electrons. The summed E-state index contributed by atoms with van der Waals surface area (Å²) in [6.45, 7) is 2.51. The average Bonchev–Trinajstić information content (AvgIpc) is 2.38. The lowest BCUT2D eigenvalue weighted by atomic mass is 10.3. The van der Waals surface area contributed by atoms with Crippen molar-refractivity contribution in [3.8, 4) is 0 Å². The smallest absolute Gasteiger partial charge is 0.305 e. The Kier molecular flexibility index (Phi) is 6.35. The van der Waals surface area contributed by atoms with Crippen molar-refractivity contribution in [2.45, 2.75) is 18.2 Å². The first-order valence-electron chi connectivity index (χ1n) is 5.91. The van der Waals surface area contributed by atoms with Crippen LogP contribution in [0.25, 0.3) is 0 Å². The van der Waals surface area contributed by atoms with E-state index >= 15 is 0 Å². The molecule has 0 unspecified atom stereocenters. The van der Waals surface area contributed by atoms with E-state index < -0.39 is 5.97 Å². The number of nitrogens with zero attached hydrogens (tertiary/aromatic N) is 1. The first-order chi connectivity index (χ1) is 9.02. The lowest BCUT2D eigenvalue weighted by Gasteiger charge is -2.19. The zero-order chi connectivity index (χ0) is 14.3. The number of carboxylic acid groups (broad SMARTS) is 1. The predicted octanol–water partition coefficient (Wildman–Crippen LogP) is 2.24. The zero-order valence-corrected chi connectivity index (χ0v) is 11.5. The normalized spacial score (nSPS) is 10.2. The van der Waals surface area contributed by atoms with Gasteiger partial charge in [-0.2, -0.15) is 0 Å². The Morgan fingerprint density at radius 3 is 2.47 bits per heavy atom. The Bertz CT molecular complexity index is 436. The van der Waals surface area contributed by atoms with Crippen LogP contribution >= 0.6 is 11.8 Å². The van der Waals surface area contributed by atoms with Crippen LogP contribution in [0.3, 0.4) is 0 Å². The Labute approximate surface area is 115 Å². The van der Waals surface area contributed by atoms with Crippen LogP contribution in [-0.2, 0) is 9.59 Å². The molecular formula is C13H16FNO3S. The Morgan fingerprint density at radius 1 is 1.32 bits per heavy atom.